The van der Waals surface area contributed by atoms with Crippen LogP contribution in [0.2, 0.25) is 0 Å². The number of nitrogens with one attached hydrogen (secondary N) is 1. The number of carbonyl (C=O) groups is 2. The fourth-order valence-electron chi connectivity index (χ4n) is 2.16. The molecule has 0 aliphatic carbocycles. The van der Waals surface area contributed by atoms with E-state index in [-0.39, 0.29) is 11.3 Å². The second-order valence-corrected chi connectivity index (χ2v) is 5.75. The van der Waals surface area contributed by atoms with Gasteiger partial charge in [0.15, 0.2) is 18.2 Å². The number of rotatable bonds is 6. The summed E-state index contributed by atoms with van der Waals surface area (Å²) in [5, 5.41) is 2.63. The van der Waals surface area contributed by atoms with Gasteiger partial charge in [-0.1, -0.05) is 26.0 Å². The third-order valence-corrected chi connectivity index (χ3v) is 3.58. The number of benzene rings is 2. The highest BCUT2D eigenvalue weighted by Gasteiger charge is 2.13. The number of hydrogen-bond donors (Lipinski definition) is 1. The number of esters is 1. The first-order valence-electron chi connectivity index (χ1n) is 7.81. The van der Waals surface area contributed by atoms with Crippen LogP contribution in [-0.2, 0) is 9.53 Å². The maximum atomic E-state index is 13.6. The molecule has 2 aromatic carbocycles. The third kappa shape index (κ3) is 5.04. The summed E-state index contributed by atoms with van der Waals surface area (Å²) in [4.78, 5) is 23.7. The van der Waals surface area contributed by atoms with Crippen LogP contribution in [0.4, 0.5) is 10.1 Å². The Morgan fingerprint density at radius 1 is 1.12 bits per heavy atom. The van der Waals surface area contributed by atoms with E-state index in [9.17, 15) is 14.0 Å². The Hall–Kier alpha value is -2.89. The van der Waals surface area contributed by atoms with Crippen molar-refractivity contribution >= 4 is 17.6 Å². The van der Waals surface area contributed by atoms with E-state index < -0.39 is 24.3 Å². The Kier molecular flexibility index (Phi) is 6.11. The summed E-state index contributed by atoms with van der Waals surface area (Å²) in [7, 11) is 1.33. The van der Waals surface area contributed by atoms with Crippen molar-refractivity contribution in [3.8, 4) is 5.75 Å². The smallest absolute Gasteiger partial charge is 0.338 e. The van der Waals surface area contributed by atoms with Crippen molar-refractivity contribution in [3.63, 3.8) is 0 Å². The molecule has 0 unspecified atom stereocenters. The lowest BCUT2D eigenvalue weighted by atomic mass is 10.0. The van der Waals surface area contributed by atoms with Gasteiger partial charge in [-0.15, -0.1) is 0 Å². The van der Waals surface area contributed by atoms with Crippen LogP contribution in [0.3, 0.4) is 0 Å². The van der Waals surface area contributed by atoms with Crippen molar-refractivity contribution in [1.29, 1.82) is 0 Å². The lowest BCUT2D eigenvalue weighted by Gasteiger charge is -2.09. The van der Waals surface area contributed by atoms with Crippen LogP contribution in [0.1, 0.15) is 35.7 Å². The van der Waals surface area contributed by atoms with Crippen molar-refractivity contribution in [2.45, 2.75) is 19.8 Å². The van der Waals surface area contributed by atoms with E-state index in [1.165, 1.54) is 19.2 Å². The normalized spacial score (nSPS) is 10.4. The van der Waals surface area contributed by atoms with Crippen LogP contribution in [0.5, 0.6) is 5.75 Å². The summed E-state index contributed by atoms with van der Waals surface area (Å²) < 4.78 is 23.2. The van der Waals surface area contributed by atoms with Crippen LogP contribution in [0.25, 0.3) is 0 Å². The lowest BCUT2D eigenvalue weighted by Crippen LogP contribution is -2.21. The first-order chi connectivity index (χ1) is 11.9. The zero-order valence-corrected chi connectivity index (χ0v) is 14.3. The Morgan fingerprint density at radius 3 is 2.36 bits per heavy atom. The second-order valence-electron chi connectivity index (χ2n) is 5.75. The molecule has 1 N–H and O–H groups in total. The predicted octanol–water partition coefficient (Wildman–Crippen LogP) is 3.75. The van der Waals surface area contributed by atoms with Crippen molar-refractivity contribution in [2.24, 2.45) is 0 Å². The highest BCUT2D eigenvalue weighted by molar-refractivity contribution is 5.95. The number of amides is 1. The molecule has 0 saturated heterocycles. The van der Waals surface area contributed by atoms with Gasteiger partial charge >= 0.3 is 5.97 Å². The van der Waals surface area contributed by atoms with Gasteiger partial charge in [0.1, 0.15) is 0 Å². The first-order valence-corrected chi connectivity index (χ1v) is 7.81. The summed E-state index contributed by atoms with van der Waals surface area (Å²) >= 11 is 0. The van der Waals surface area contributed by atoms with E-state index in [1.807, 2.05) is 12.1 Å². The van der Waals surface area contributed by atoms with E-state index in [1.54, 1.807) is 12.1 Å². The molecule has 0 atom stereocenters. The summed E-state index contributed by atoms with van der Waals surface area (Å²) in [5.74, 6) is -1.51. The molecule has 0 aliphatic heterocycles. The van der Waals surface area contributed by atoms with Crippen LogP contribution >= 0.6 is 0 Å². The molecule has 0 aliphatic rings. The zero-order valence-electron chi connectivity index (χ0n) is 14.3. The van der Waals surface area contributed by atoms with Crippen LogP contribution in [0, 0.1) is 5.82 Å². The molecule has 2 aromatic rings. The minimum absolute atomic E-state index is 0.00684. The van der Waals surface area contributed by atoms with Gasteiger partial charge in [0, 0.05) is 5.69 Å². The van der Waals surface area contributed by atoms with Crippen molar-refractivity contribution in [1.82, 2.24) is 0 Å². The molecule has 0 spiro atoms. The SMILES string of the molecule is COc1ccc(C(=O)OCC(=O)Nc2ccc(C(C)C)cc2)cc1F. The van der Waals surface area contributed by atoms with Gasteiger partial charge in [0.05, 0.1) is 12.7 Å². The number of ether oxygens (including phenoxy) is 2. The van der Waals surface area contributed by atoms with Crippen molar-refractivity contribution < 1.29 is 23.5 Å². The van der Waals surface area contributed by atoms with E-state index >= 15 is 0 Å². The van der Waals surface area contributed by atoms with Gasteiger partial charge in [-0.3, -0.25) is 4.79 Å². The fraction of sp³-hybridized carbons (Fsp3) is 0.263. The minimum atomic E-state index is -0.785. The van der Waals surface area contributed by atoms with Gasteiger partial charge in [0.2, 0.25) is 0 Å². The van der Waals surface area contributed by atoms with E-state index in [0.717, 1.165) is 11.6 Å². The first kappa shape index (κ1) is 18.4. The molecule has 0 bridgehead atoms. The van der Waals surface area contributed by atoms with Gasteiger partial charge < -0.3 is 14.8 Å². The average molecular weight is 345 g/mol. The number of methoxy groups -OCH3 is 1. The van der Waals surface area contributed by atoms with Gasteiger partial charge in [-0.2, -0.15) is 0 Å². The summed E-state index contributed by atoms with van der Waals surface area (Å²) in [6.45, 7) is 3.70. The van der Waals surface area contributed by atoms with Crippen LogP contribution in [0.15, 0.2) is 42.5 Å². The standard InChI is InChI=1S/C19H20FNO4/c1-12(2)13-4-7-15(8-5-13)21-18(22)11-25-19(23)14-6-9-17(24-3)16(20)10-14/h4-10,12H,11H2,1-3H3,(H,21,22). The van der Waals surface area contributed by atoms with E-state index in [4.69, 9.17) is 9.47 Å². The second kappa shape index (κ2) is 8.28. The summed E-state index contributed by atoms with van der Waals surface area (Å²) in [6.07, 6.45) is 0. The Balaban J connectivity index is 1.88. The molecule has 5 nitrogen and oxygen atoms in total. The van der Waals surface area contributed by atoms with Crippen LogP contribution < -0.4 is 10.1 Å². The number of halogens is 1. The van der Waals surface area contributed by atoms with E-state index in [0.29, 0.717) is 11.6 Å². The Bertz CT molecular complexity index is 757. The molecular weight excluding hydrogens is 325 g/mol. The Labute approximate surface area is 145 Å². The molecular formula is C19H20FNO4. The fourth-order valence-corrected chi connectivity index (χ4v) is 2.16. The molecule has 6 heteroatoms. The number of carbonyl (C=O) groups excluding carboxylic acids is 2. The van der Waals surface area contributed by atoms with Gasteiger partial charge in [-0.25, -0.2) is 9.18 Å². The van der Waals surface area contributed by atoms with Crippen LogP contribution in [-0.4, -0.2) is 25.6 Å². The number of hydrogen-bond acceptors (Lipinski definition) is 4. The highest BCUT2D eigenvalue weighted by atomic mass is 19.1. The Morgan fingerprint density at radius 2 is 1.80 bits per heavy atom. The predicted molar refractivity (Wildman–Crippen MR) is 92.4 cm³/mol. The maximum absolute atomic E-state index is 13.6. The van der Waals surface area contributed by atoms with Gasteiger partial charge in [-0.05, 0) is 41.8 Å². The highest BCUT2D eigenvalue weighted by Crippen LogP contribution is 2.19. The molecule has 2 rings (SSSR count). The molecule has 0 saturated carbocycles. The molecule has 0 fully saturated rings. The maximum Gasteiger partial charge on any atom is 0.338 e. The largest absolute Gasteiger partial charge is 0.494 e. The molecule has 0 aromatic heterocycles. The topological polar surface area (TPSA) is 64.6 Å². The average Bonchev–Trinajstić information content (AvgIpc) is 2.60. The van der Waals surface area contributed by atoms with Crippen molar-refractivity contribution in [2.75, 3.05) is 19.0 Å². The molecule has 25 heavy (non-hydrogen) atoms. The monoisotopic (exact) mass is 345 g/mol. The molecule has 132 valence electrons. The summed E-state index contributed by atoms with van der Waals surface area (Å²) in [5.41, 5.74) is 1.78. The van der Waals surface area contributed by atoms with Crippen molar-refractivity contribution in [3.05, 3.63) is 59.4 Å². The summed E-state index contributed by atoms with van der Waals surface area (Å²) in [6, 6.07) is 11.1. The third-order valence-electron chi connectivity index (χ3n) is 3.58. The zero-order chi connectivity index (χ0) is 18.4. The molecule has 0 radical (unpaired) electrons. The van der Waals surface area contributed by atoms with Gasteiger partial charge in [0.25, 0.3) is 5.91 Å². The minimum Gasteiger partial charge on any atom is -0.494 e. The molecule has 1 amide bonds. The molecule has 0 heterocycles. The lowest BCUT2D eigenvalue weighted by molar-refractivity contribution is -0.119. The number of anilines is 1. The quantitative estimate of drug-likeness (QED) is 0.810. The van der Waals surface area contributed by atoms with E-state index in [2.05, 4.69) is 19.2 Å².